The molecule has 0 aliphatic carbocycles. The van der Waals surface area contributed by atoms with Crippen molar-refractivity contribution in [1.82, 2.24) is 14.6 Å². The maximum Gasteiger partial charge on any atom is 0.291 e. The van der Waals surface area contributed by atoms with Gasteiger partial charge in [0.05, 0.1) is 4.53 Å². The summed E-state index contributed by atoms with van der Waals surface area (Å²) in [6.07, 6.45) is 1.85. The fourth-order valence-corrected chi connectivity index (χ4v) is 4.00. The van der Waals surface area contributed by atoms with Crippen LogP contribution in [0, 0.1) is 0 Å². The molecule has 0 saturated carbocycles. The molecule has 6 heteroatoms. The van der Waals surface area contributed by atoms with Crippen LogP contribution in [-0.4, -0.2) is 14.6 Å². The van der Waals surface area contributed by atoms with Crippen molar-refractivity contribution in [2.24, 2.45) is 0 Å². The van der Waals surface area contributed by atoms with E-state index < -0.39 is 0 Å². The van der Waals surface area contributed by atoms with Crippen LogP contribution in [-0.2, 0) is 6.61 Å². The van der Waals surface area contributed by atoms with Crippen molar-refractivity contribution in [3.05, 3.63) is 111 Å². The Morgan fingerprint density at radius 2 is 1.60 bits per heavy atom. The third-order valence-electron chi connectivity index (χ3n) is 4.64. The van der Waals surface area contributed by atoms with Crippen molar-refractivity contribution in [3.8, 4) is 17.1 Å². The highest BCUT2D eigenvalue weighted by molar-refractivity contribution is 7.15. The van der Waals surface area contributed by atoms with E-state index in [1.165, 1.54) is 15.9 Å². The van der Waals surface area contributed by atoms with Crippen LogP contribution < -0.4 is 14.8 Å². The maximum atomic E-state index is 12.7. The Hall–Kier alpha value is -3.77. The van der Waals surface area contributed by atoms with Gasteiger partial charge in [0.1, 0.15) is 12.4 Å². The van der Waals surface area contributed by atoms with E-state index >= 15 is 0 Å². The van der Waals surface area contributed by atoms with E-state index in [0.717, 1.165) is 22.4 Å². The van der Waals surface area contributed by atoms with Gasteiger partial charge in [0.2, 0.25) is 4.96 Å². The molecule has 0 amide bonds. The van der Waals surface area contributed by atoms with Crippen molar-refractivity contribution in [1.29, 1.82) is 0 Å². The first-order chi connectivity index (χ1) is 14.8. The van der Waals surface area contributed by atoms with Gasteiger partial charge in [-0.15, -0.1) is 5.10 Å². The van der Waals surface area contributed by atoms with Crippen LogP contribution in [0.5, 0.6) is 5.75 Å². The van der Waals surface area contributed by atoms with Crippen LogP contribution in [0.25, 0.3) is 22.4 Å². The minimum Gasteiger partial charge on any atom is -0.489 e. The molecule has 2 aromatic heterocycles. The number of ether oxygens (including phenoxy) is 1. The maximum absolute atomic E-state index is 12.7. The van der Waals surface area contributed by atoms with E-state index in [9.17, 15) is 4.79 Å². The summed E-state index contributed by atoms with van der Waals surface area (Å²) in [6, 6.07) is 27.4. The Bertz CT molecular complexity index is 1390. The van der Waals surface area contributed by atoms with Gasteiger partial charge in [-0.3, -0.25) is 4.79 Å². The largest absolute Gasteiger partial charge is 0.489 e. The molecular weight excluding hydrogens is 394 g/mol. The van der Waals surface area contributed by atoms with E-state index in [1.807, 2.05) is 91.0 Å². The van der Waals surface area contributed by atoms with Crippen molar-refractivity contribution >= 4 is 22.4 Å². The Kier molecular flexibility index (Phi) is 4.83. The van der Waals surface area contributed by atoms with Crippen LogP contribution >= 0.6 is 11.3 Å². The van der Waals surface area contributed by atoms with Crippen LogP contribution in [0.15, 0.2) is 89.7 Å². The first-order valence-corrected chi connectivity index (χ1v) is 10.3. The molecule has 30 heavy (non-hydrogen) atoms. The fourth-order valence-electron chi connectivity index (χ4n) is 3.10. The average Bonchev–Trinajstić information content (AvgIpc) is 3.34. The predicted molar refractivity (Wildman–Crippen MR) is 119 cm³/mol. The van der Waals surface area contributed by atoms with Gasteiger partial charge in [-0.1, -0.05) is 84.1 Å². The molecule has 5 rings (SSSR count). The molecule has 5 aromatic rings. The molecule has 0 atom stereocenters. The van der Waals surface area contributed by atoms with E-state index in [-0.39, 0.29) is 5.56 Å². The SMILES string of the molecule is O=c1/c(=C/c2ccc(OCc3ccccc3)cc2)sc2nc(-c3ccccc3)nn12. The molecule has 5 nitrogen and oxygen atoms in total. The van der Waals surface area contributed by atoms with Gasteiger partial charge in [-0.05, 0) is 29.3 Å². The molecule has 146 valence electrons. The van der Waals surface area contributed by atoms with E-state index in [2.05, 4.69) is 10.1 Å². The zero-order chi connectivity index (χ0) is 20.3. The molecule has 0 bridgehead atoms. The number of benzene rings is 3. The van der Waals surface area contributed by atoms with Gasteiger partial charge in [-0.2, -0.15) is 9.50 Å². The smallest absolute Gasteiger partial charge is 0.291 e. The van der Waals surface area contributed by atoms with E-state index in [4.69, 9.17) is 4.74 Å². The summed E-state index contributed by atoms with van der Waals surface area (Å²) in [5, 5.41) is 4.38. The second-order valence-corrected chi connectivity index (χ2v) is 7.76. The zero-order valence-corrected chi connectivity index (χ0v) is 16.8. The second kappa shape index (κ2) is 7.93. The lowest BCUT2D eigenvalue weighted by molar-refractivity contribution is 0.306. The molecule has 0 radical (unpaired) electrons. The summed E-state index contributed by atoms with van der Waals surface area (Å²) >= 11 is 1.34. The van der Waals surface area contributed by atoms with Crippen molar-refractivity contribution in [3.63, 3.8) is 0 Å². The van der Waals surface area contributed by atoms with Crippen LogP contribution in [0.2, 0.25) is 0 Å². The summed E-state index contributed by atoms with van der Waals surface area (Å²) < 4.78 is 7.79. The van der Waals surface area contributed by atoms with Crippen LogP contribution in [0.4, 0.5) is 0 Å². The molecule has 0 saturated heterocycles. The number of nitrogens with zero attached hydrogens (tertiary/aromatic N) is 3. The van der Waals surface area contributed by atoms with Gasteiger partial charge >= 0.3 is 0 Å². The van der Waals surface area contributed by atoms with Crippen molar-refractivity contribution < 1.29 is 4.74 Å². The molecule has 0 spiro atoms. The minimum atomic E-state index is -0.158. The summed E-state index contributed by atoms with van der Waals surface area (Å²) in [6.45, 7) is 0.520. The molecule has 0 aliphatic rings. The monoisotopic (exact) mass is 411 g/mol. The standard InChI is InChI=1S/C24H17N3O2S/c28-23-21(30-24-25-22(26-27(23)24)19-9-5-2-6-10-19)15-17-11-13-20(14-12-17)29-16-18-7-3-1-4-8-18/h1-15H,16H2/b21-15-. The number of hydrogen-bond acceptors (Lipinski definition) is 5. The predicted octanol–water partition coefficient (Wildman–Crippen LogP) is 3.94. The first kappa shape index (κ1) is 18.3. The van der Waals surface area contributed by atoms with Gasteiger partial charge in [0, 0.05) is 5.56 Å². The first-order valence-electron chi connectivity index (χ1n) is 9.50. The summed E-state index contributed by atoms with van der Waals surface area (Å²) in [4.78, 5) is 17.8. The quantitative estimate of drug-likeness (QED) is 0.440. The van der Waals surface area contributed by atoms with E-state index in [1.54, 1.807) is 0 Å². The lowest BCUT2D eigenvalue weighted by Crippen LogP contribution is -2.23. The second-order valence-electron chi connectivity index (χ2n) is 6.75. The lowest BCUT2D eigenvalue weighted by atomic mass is 10.2. The Morgan fingerprint density at radius 1 is 0.900 bits per heavy atom. The van der Waals surface area contributed by atoms with Gasteiger partial charge < -0.3 is 4.74 Å². The Balaban J connectivity index is 1.37. The third-order valence-corrected chi connectivity index (χ3v) is 5.60. The summed E-state index contributed by atoms with van der Waals surface area (Å²) in [5.74, 6) is 1.35. The molecule has 0 N–H and O–H groups in total. The fraction of sp³-hybridized carbons (Fsp3) is 0.0417. The Labute approximate surface area is 176 Å². The summed E-state index contributed by atoms with van der Waals surface area (Å²) in [7, 11) is 0. The molecule has 0 aliphatic heterocycles. The average molecular weight is 411 g/mol. The third kappa shape index (κ3) is 3.73. The number of aromatic nitrogens is 3. The molecule has 0 unspecified atom stereocenters. The highest BCUT2D eigenvalue weighted by Gasteiger charge is 2.11. The number of fused-ring (bicyclic) bond motifs is 1. The molecule has 2 heterocycles. The number of thiazole rings is 1. The van der Waals surface area contributed by atoms with Gasteiger partial charge in [0.15, 0.2) is 5.82 Å². The highest BCUT2D eigenvalue weighted by Crippen LogP contribution is 2.17. The molecule has 3 aromatic carbocycles. The highest BCUT2D eigenvalue weighted by atomic mass is 32.1. The number of hydrogen-bond donors (Lipinski definition) is 0. The lowest BCUT2D eigenvalue weighted by Gasteiger charge is -2.06. The topological polar surface area (TPSA) is 56.5 Å². The minimum absolute atomic E-state index is 0.158. The van der Waals surface area contributed by atoms with E-state index in [0.29, 0.717) is 21.9 Å². The number of rotatable bonds is 5. The Morgan fingerprint density at radius 3 is 2.30 bits per heavy atom. The van der Waals surface area contributed by atoms with Crippen molar-refractivity contribution in [2.45, 2.75) is 6.61 Å². The van der Waals surface area contributed by atoms with Gasteiger partial charge in [0.25, 0.3) is 5.56 Å². The molecule has 0 fully saturated rings. The van der Waals surface area contributed by atoms with Crippen molar-refractivity contribution in [2.75, 3.05) is 0 Å². The van der Waals surface area contributed by atoms with Gasteiger partial charge in [-0.25, -0.2) is 0 Å². The normalized spacial score (nSPS) is 11.8. The van der Waals surface area contributed by atoms with Crippen LogP contribution in [0.3, 0.4) is 0 Å². The molecular formula is C24H17N3O2S. The summed E-state index contributed by atoms with van der Waals surface area (Å²) in [5.41, 5.74) is 2.78. The zero-order valence-electron chi connectivity index (χ0n) is 15.9. The van der Waals surface area contributed by atoms with Crippen LogP contribution in [0.1, 0.15) is 11.1 Å².